The Bertz CT molecular complexity index is 989. The van der Waals surface area contributed by atoms with Gasteiger partial charge in [0.2, 0.25) is 0 Å². The molecule has 2 amide bonds. The number of nitrogens with two attached hydrogens (primary N) is 1. The Morgan fingerprint density at radius 3 is 2.80 bits per heavy atom. The second kappa shape index (κ2) is 7.66. The SMILES string of the molecule is CN1CC(c2cccc(-c3ncc(NCC4COC4)c(C(N)=O)n3)c2)C(C)(O)C1=O. The standard InChI is InChI=1S/C21H25N5O4/c1-21(29)15(9-26(2)20(21)28)13-4-3-5-14(6-13)19-24-8-16(17(25-19)18(22)27)23-7-12-10-30-11-12/h3-6,8,12,15,23,29H,7,9-11H2,1-2H3,(H2,22,27). The van der Waals surface area contributed by atoms with Gasteiger partial charge in [0.1, 0.15) is 5.60 Å². The fourth-order valence-electron chi connectivity index (χ4n) is 3.89. The number of benzene rings is 1. The third kappa shape index (κ3) is 3.61. The molecule has 2 unspecified atom stereocenters. The minimum absolute atomic E-state index is 0.119. The molecule has 0 radical (unpaired) electrons. The van der Waals surface area contributed by atoms with Crippen LogP contribution in [0.15, 0.2) is 30.5 Å². The lowest BCUT2D eigenvalue weighted by Crippen LogP contribution is -2.38. The number of rotatable bonds is 6. The molecule has 2 atom stereocenters. The molecular weight excluding hydrogens is 386 g/mol. The molecule has 2 aliphatic heterocycles. The zero-order chi connectivity index (χ0) is 21.5. The lowest BCUT2D eigenvalue weighted by Gasteiger charge is -2.26. The number of ether oxygens (including phenoxy) is 1. The number of nitrogens with zero attached hydrogens (tertiary/aromatic N) is 3. The third-order valence-corrected chi connectivity index (χ3v) is 5.77. The van der Waals surface area contributed by atoms with E-state index >= 15 is 0 Å². The molecule has 4 N–H and O–H groups in total. The zero-order valence-corrected chi connectivity index (χ0v) is 17.0. The summed E-state index contributed by atoms with van der Waals surface area (Å²) in [4.78, 5) is 34.5. The van der Waals surface area contributed by atoms with Gasteiger partial charge >= 0.3 is 0 Å². The van der Waals surface area contributed by atoms with Crippen LogP contribution in [0.25, 0.3) is 11.4 Å². The van der Waals surface area contributed by atoms with E-state index in [-0.39, 0.29) is 17.5 Å². The summed E-state index contributed by atoms with van der Waals surface area (Å²) in [6.45, 7) is 3.97. The minimum Gasteiger partial charge on any atom is -0.381 e. The monoisotopic (exact) mass is 411 g/mol. The maximum atomic E-state index is 12.2. The van der Waals surface area contributed by atoms with E-state index in [1.807, 2.05) is 24.3 Å². The Morgan fingerprint density at radius 2 is 2.20 bits per heavy atom. The average Bonchev–Trinajstić information content (AvgIpc) is 2.89. The van der Waals surface area contributed by atoms with Gasteiger partial charge in [-0.05, 0) is 18.6 Å². The van der Waals surface area contributed by atoms with Gasteiger partial charge in [0, 0.05) is 37.5 Å². The number of likely N-dealkylation sites (N-methyl/N-ethyl adjacent to an activating group) is 1. The summed E-state index contributed by atoms with van der Waals surface area (Å²) in [5, 5.41) is 13.9. The number of carbonyl (C=O) groups is 2. The lowest BCUT2D eigenvalue weighted by atomic mass is 9.85. The first-order valence-corrected chi connectivity index (χ1v) is 9.84. The van der Waals surface area contributed by atoms with E-state index < -0.39 is 11.5 Å². The molecule has 9 heteroatoms. The van der Waals surface area contributed by atoms with Gasteiger partial charge in [-0.2, -0.15) is 0 Å². The van der Waals surface area contributed by atoms with Crippen LogP contribution >= 0.6 is 0 Å². The number of aromatic nitrogens is 2. The Balaban J connectivity index is 1.62. The molecule has 2 fully saturated rings. The largest absolute Gasteiger partial charge is 0.381 e. The van der Waals surface area contributed by atoms with Crippen LogP contribution in [-0.2, 0) is 9.53 Å². The van der Waals surface area contributed by atoms with E-state index in [9.17, 15) is 14.7 Å². The summed E-state index contributed by atoms with van der Waals surface area (Å²) in [6, 6.07) is 7.34. The van der Waals surface area contributed by atoms with Gasteiger partial charge in [0.15, 0.2) is 11.5 Å². The normalized spacial score (nSPS) is 24.0. The molecule has 158 valence electrons. The summed E-state index contributed by atoms with van der Waals surface area (Å²) in [6.07, 6.45) is 1.55. The molecule has 0 aliphatic carbocycles. The van der Waals surface area contributed by atoms with Crippen LogP contribution in [0.5, 0.6) is 0 Å². The van der Waals surface area contributed by atoms with Crippen molar-refractivity contribution in [3.63, 3.8) is 0 Å². The van der Waals surface area contributed by atoms with Crippen LogP contribution in [0.1, 0.15) is 28.9 Å². The predicted octanol–water partition coefficient (Wildman–Crippen LogP) is 0.607. The summed E-state index contributed by atoms with van der Waals surface area (Å²) in [7, 11) is 1.67. The first-order chi connectivity index (χ1) is 14.3. The number of aliphatic hydroxyl groups is 1. The Morgan fingerprint density at radius 1 is 1.43 bits per heavy atom. The number of anilines is 1. The van der Waals surface area contributed by atoms with Gasteiger partial charge in [-0.25, -0.2) is 9.97 Å². The van der Waals surface area contributed by atoms with Crippen LogP contribution in [0.4, 0.5) is 5.69 Å². The Kier molecular flexibility index (Phi) is 5.17. The molecule has 2 aromatic rings. The first-order valence-electron chi connectivity index (χ1n) is 9.84. The molecule has 4 rings (SSSR count). The summed E-state index contributed by atoms with van der Waals surface area (Å²) >= 11 is 0. The van der Waals surface area contributed by atoms with E-state index in [4.69, 9.17) is 10.5 Å². The maximum Gasteiger partial charge on any atom is 0.269 e. The molecule has 0 saturated carbocycles. The van der Waals surface area contributed by atoms with E-state index in [0.29, 0.717) is 49.3 Å². The third-order valence-electron chi connectivity index (χ3n) is 5.77. The molecule has 1 aromatic heterocycles. The van der Waals surface area contributed by atoms with Gasteiger partial charge in [-0.15, -0.1) is 0 Å². The molecule has 3 heterocycles. The van der Waals surface area contributed by atoms with Crippen molar-refractivity contribution in [2.75, 3.05) is 38.7 Å². The van der Waals surface area contributed by atoms with E-state index in [0.717, 1.165) is 5.56 Å². The van der Waals surface area contributed by atoms with Crippen LogP contribution in [0.3, 0.4) is 0 Å². The molecule has 1 aromatic carbocycles. The zero-order valence-electron chi connectivity index (χ0n) is 17.0. The molecule has 2 saturated heterocycles. The van der Waals surface area contributed by atoms with Crippen molar-refractivity contribution in [3.8, 4) is 11.4 Å². The first kappa shape index (κ1) is 20.2. The van der Waals surface area contributed by atoms with Crippen molar-refractivity contribution in [1.82, 2.24) is 14.9 Å². The Labute approximate surface area is 174 Å². The molecule has 2 aliphatic rings. The van der Waals surface area contributed by atoms with Gasteiger partial charge in [0.25, 0.3) is 11.8 Å². The van der Waals surface area contributed by atoms with Crippen molar-refractivity contribution < 1.29 is 19.4 Å². The quantitative estimate of drug-likeness (QED) is 0.635. The van der Waals surface area contributed by atoms with Crippen molar-refractivity contribution in [1.29, 1.82) is 0 Å². The number of carbonyl (C=O) groups excluding carboxylic acids is 2. The van der Waals surface area contributed by atoms with E-state index in [2.05, 4.69) is 15.3 Å². The number of hydrogen-bond donors (Lipinski definition) is 3. The van der Waals surface area contributed by atoms with Crippen molar-refractivity contribution in [3.05, 3.63) is 41.7 Å². The number of amides is 2. The molecular formula is C21H25N5O4. The van der Waals surface area contributed by atoms with Gasteiger partial charge < -0.3 is 25.8 Å². The average molecular weight is 411 g/mol. The highest BCUT2D eigenvalue weighted by molar-refractivity contribution is 5.96. The summed E-state index contributed by atoms with van der Waals surface area (Å²) in [5.41, 5.74) is 6.14. The summed E-state index contributed by atoms with van der Waals surface area (Å²) in [5.74, 6) is -0.593. The van der Waals surface area contributed by atoms with Crippen molar-refractivity contribution >= 4 is 17.5 Å². The lowest BCUT2D eigenvalue weighted by molar-refractivity contribution is -0.141. The smallest absolute Gasteiger partial charge is 0.269 e. The van der Waals surface area contributed by atoms with Crippen molar-refractivity contribution in [2.45, 2.75) is 18.4 Å². The maximum absolute atomic E-state index is 12.2. The number of nitrogens with one attached hydrogen (secondary N) is 1. The van der Waals surface area contributed by atoms with Crippen molar-refractivity contribution in [2.24, 2.45) is 11.7 Å². The van der Waals surface area contributed by atoms with Gasteiger partial charge in [-0.3, -0.25) is 9.59 Å². The van der Waals surface area contributed by atoms with Gasteiger partial charge in [0.05, 0.1) is 25.1 Å². The molecule has 0 bridgehead atoms. The Hall–Kier alpha value is -3.04. The van der Waals surface area contributed by atoms with E-state index in [1.165, 1.54) is 11.8 Å². The highest BCUT2D eigenvalue weighted by atomic mass is 16.5. The number of likely N-dealkylation sites (tertiary alicyclic amines) is 1. The second-order valence-electron chi connectivity index (χ2n) is 8.12. The molecule has 30 heavy (non-hydrogen) atoms. The highest BCUT2D eigenvalue weighted by Crippen LogP contribution is 2.37. The van der Waals surface area contributed by atoms with Gasteiger partial charge in [-0.1, -0.05) is 18.2 Å². The highest BCUT2D eigenvalue weighted by Gasteiger charge is 2.48. The minimum atomic E-state index is -1.48. The second-order valence-corrected chi connectivity index (χ2v) is 8.12. The van der Waals surface area contributed by atoms with E-state index in [1.54, 1.807) is 13.2 Å². The topological polar surface area (TPSA) is 131 Å². The number of hydrogen-bond acceptors (Lipinski definition) is 7. The van der Waals surface area contributed by atoms with Crippen LogP contribution in [0, 0.1) is 5.92 Å². The number of primary amides is 1. The molecule has 0 spiro atoms. The predicted molar refractivity (Wildman–Crippen MR) is 110 cm³/mol. The fourth-order valence-corrected chi connectivity index (χ4v) is 3.89. The van der Waals surface area contributed by atoms with Crippen LogP contribution in [-0.4, -0.2) is 70.7 Å². The fraction of sp³-hybridized carbons (Fsp3) is 0.429. The molecule has 9 nitrogen and oxygen atoms in total. The summed E-state index contributed by atoms with van der Waals surface area (Å²) < 4.78 is 5.15. The van der Waals surface area contributed by atoms with Crippen LogP contribution in [0.2, 0.25) is 0 Å². The van der Waals surface area contributed by atoms with Crippen LogP contribution < -0.4 is 11.1 Å².